The van der Waals surface area contributed by atoms with Crippen molar-refractivity contribution in [2.45, 2.75) is 17.9 Å². The zero-order valence-corrected chi connectivity index (χ0v) is 18.9. The molecule has 3 rings (SSSR count). The molecular weight excluding hydrogens is 461 g/mol. The summed E-state index contributed by atoms with van der Waals surface area (Å²) in [7, 11) is -4.16. The lowest BCUT2D eigenvalue weighted by Crippen LogP contribution is -2.25. The molecule has 0 spiro atoms. The summed E-state index contributed by atoms with van der Waals surface area (Å²) in [5.74, 6) is -0.863. The molecule has 7 nitrogen and oxygen atoms in total. The molecular formula is C20H23ClFN5O2S2. The van der Waals surface area contributed by atoms with Crippen molar-refractivity contribution in [1.29, 1.82) is 0 Å². The fraction of sp³-hybridized carbons (Fsp3) is 0.250. The van der Waals surface area contributed by atoms with Crippen LogP contribution in [0.15, 0.2) is 52.9 Å². The van der Waals surface area contributed by atoms with E-state index in [0.29, 0.717) is 31.7 Å². The first-order valence-corrected chi connectivity index (χ1v) is 12.2. The lowest BCUT2D eigenvalue weighted by molar-refractivity contribution is 0.561. The maximum absolute atomic E-state index is 14.6. The zero-order valence-electron chi connectivity index (χ0n) is 16.5. The molecule has 0 amide bonds. The summed E-state index contributed by atoms with van der Waals surface area (Å²) in [6.45, 7) is 1.30. The van der Waals surface area contributed by atoms with E-state index in [1.807, 2.05) is 24.3 Å². The van der Waals surface area contributed by atoms with Gasteiger partial charge in [0.15, 0.2) is 5.13 Å². The molecule has 0 fully saturated rings. The Labute approximate surface area is 189 Å². The van der Waals surface area contributed by atoms with Gasteiger partial charge in [-0.25, -0.2) is 17.8 Å². The van der Waals surface area contributed by atoms with Crippen molar-refractivity contribution in [2.75, 3.05) is 23.1 Å². The van der Waals surface area contributed by atoms with Crippen LogP contribution in [0.25, 0.3) is 0 Å². The highest BCUT2D eigenvalue weighted by molar-refractivity contribution is 7.93. The van der Waals surface area contributed by atoms with E-state index in [1.54, 1.807) is 5.38 Å². The van der Waals surface area contributed by atoms with Gasteiger partial charge in [-0.2, -0.15) is 0 Å². The van der Waals surface area contributed by atoms with Gasteiger partial charge in [0.05, 0.1) is 10.7 Å². The number of nitrogens with one attached hydrogen (secondary N) is 2. The van der Waals surface area contributed by atoms with Gasteiger partial charge < -0.3 is 16.8 Å². The van der Waals surface area contributed by atoms with Gasteiger partial charge >= 0.3 is 0 Å². The van der Waals surface area contributed by atoms with E-state index in [0.717, 1.165) is 34.6 Å². The largest absolute Gasteiger partial charge is 0.383 e. The van der Waals surface area contributed by atoms with Crippen LogP contribution in [0.2, 0.25) is 5.02 Å². The predicted octanol–water partition coefficient (Wildman–Crippen LogP) is 3.42. The normalized spacial score (nSPS) is 12.5. The van der Waals surface area contributed by atoms with Crippen molar-refractivity contribution in [2.24, 2.45) is 17.4 Å². The summed E-state index contributed by atoms with van der Waals surface area (Å²) < 4.78 is 41.8. The molecule has 0 aliphatic carbocycles. The van der Waals surface area contributed by atoms with Crippen LogP contribution in [0.5, 0.6) is 0 Å². The summed E-state index contributed by atoms with van der Waals surface area (Å²) in [6.07, 6.45) is 2.15. The summed E-state index contributed by atoms with van der Waals surface area (Å²) in [5.41, 5.74) is 14.0. The molecule has 6 N–H and O–H groups in total. The lowest BCUT2D eigenvalue weighted by atomic mass is 9.98. The van der Waals surface area contributed by atoms with Crippen molar-refractivity contribution in [3.05, 3.63) is 69.9 Å². The Morgan fingerprint density at radius 3 is 2.65 bits per heavy atom. The molecule has 1 heterocycles. The fourth-order valence-corrected chi connectivity index (χ4v) is 5.19. The molecule has 0 bridgehead atoms. The minimum Gasteiger partial charge on any atom is -0.383 e. The molecule has 166 valence electrons. The monoisotopic (exact) mass is 483 g/mol. The minimum atomic E-state index is -4.16. The highest BCUT2D eigenvalue weighted by atomic mass is 35.5. The van der Waals surface area contributed by atoms with Crippen LogP contribution in [0, 0.1) is 11.7 Å². The van der Waals surface area contributed by atoms with E-state index in [9.17, 15) is 12.8 Å². The number of hydrogen-bond acceptors (Lipinski definition) is 7. The first-order chi connectivity index (χ1) is 14.8. The number of aromatic nitrogens is 1. The molecule has 0 radical (unpaired) electrons. The van der Waals surface area contributed by atoms with Crippen LogP contribution in [0.3, 0.4) is 0 Å². The smallest absolute Gasteiger partial charge is 0.266 e. The third kappa shape index (κ3) is 6.14. The minimum absolute atomic E-state index is 0.0575. The number of anilines is 2. The van der Waals surface area contributed by atoms with Crippen LogP contribution < -0.4 is 21.5 Å². The predicted molar refractivity (Wildman–Crippen MR) is 123 cm³/mol. The van der Waals surface area contributed by atoms with Crippen LogP contribution in [0.1, 0.15) is 11.1 Å². The first kappa shape index (κ1) is 23.4. The van der Waals surface area contributed by atoms with Crippen molar-refractivity contribution < 1.29 is 12.8 Å². The van der Waals surface area contributed by atoms with Crippen molar-refractivity contribution in [1.82, 2.24) is 4.98 Å². The Morgan fingerprint density at radius 1 is 1.19 bits per heavy atom. The molecule has 0 saturated heterocycles. The first-order valence-electron chi connectivity index (χ1n) is 9.45. The topological polar surface area (TPSA) is 123 Å². The second-order valence-corrected chi connectivity index (χ2v) is 9.87. The van der Waals surface area contributed by atoms with Crippen molar-refractivity contribution in [3.8, 4) is 0 Å². The van der Waals surface area contributed by atoms with Gasteiger partial charge in [-0.15, -0.1) is 11.3 Å². The molecule has 0 unspecified atom stereocenters. The van der Waals surface area contributed by atoms with Gasteiger partial charge in [0.25, 0.3) is 10.0 Å². The summed E-state index contributed by atoms with van der Waals surface area (Å²) in [4.78, 5) is 3.29. The zero-order chi connectivity index (χ0) is 22.4. The third-order valence-corrected chi connectivity index (χ3v) is 7.12. The van der Waals surface area contributed by atoms with E-state index in [2.05, 4.69) is 15.0 Å². The molecule has 0 aliphatic rings. The van der Waals surface area contributed by atoms with Crippen LogP contribution in [-0.2, 0) is 23.0 Å². The molecule has 1 aromatic heterocycles. The van der Waals surface area contributed by atoms with Crippen LogP contribution in [-0.4, -0.2) is 26.5 Å². The van der Waals surface area contributed by atoms with Gasteiger partial charge in [0.2, 0.25) is 0 Å². The molecule has 31 heavy (non-hydrogen) atoms. The maximum atomic E-state index is 14.6. The SMILES string of the molecule is NCc1cccc(C[C@H](CN)CNc2cc(F)c(S(=O)(=O)Nc3nccs3)cc2Cl)c1. The van der Waals surface area contributed by atoms with Gasteiger partial charge in [-0.1, -0.05) is 35.9 Å². The lowest BCUT2D eigenvalue weighted by Gasteiger charge is -2.18. The highest BCUT2D eigenvalue weighted by Gasteiger charge is 2.22. The van der Waals surface area contributed by atoms with Crippen LogP contribution in [0.4, 0.5) is 15.2 Å². The number of rotatable bonds is 10. The fourth-order valence-electron chi connectivity index (χ4n) is 3.02. The summed E-state index contributed by atoms with van der Waals surface area (Å²) in [6, 6.07) is 10.1. The molecule has 11 heteroatoms. The number of sulfonamides is 1. The standard InChI is InChI=1S/C20H23ClFN5O2S2/c21-16-8-19(31(28,29)27-20-25-4-5-30-20)17(22)9-18(16)26-12-15(11-24)7-13-2-1-3-14(6-13)10-23/h1-6,8-9,15,26H,7,10-12,23-24H2,(H,25,27)/t15-/m1/s1. The summed E-state index contributed by atoms with van der Waals surface area (Å²) >= 11 is 7.32. The number of thiazole rings is 1. The second kappa shape index (κ2) is 10.4. The highest BCUT2D eigenvalue weighted by Crippen LogP contribution is 2.30. The van der Waals surface area contributed by atoms with Crippen molar-refractivity contribution in [3.63, 3.8) is 0 Å². The van der Waals surface area contributed by atoms with E-state index >= 15 is 0 Å². The molecule has 1 atom stereocenters. The van der Waals surface area contributed by atoms with Gasteiger partial charge in [0.1, 0.15) is 10.7 Å². The Kier molecular flexibility index (Phi) is 7.84. The van der Waals surface area contributed by atoms with Crippen LogP contribution >= 0.6 is 22.9 Å². The number of hydrogen-bond donors (Lipinski definition) is 4. The maximum Gasteiger partial charge on any atom is 0.266 e. The molecule has 0 saturated carbocycles. The van der Waals surface area contributed by atoms with E-state index in [1.165, 1.54) is 6.20 Å². The van der Waals surface area contributed by atoms with Gasteiger partial charge in [0, 0.05) is 24.7 Å². The molecule has 2 aromatic carbocycles. The number of nitrogens with two attached hydrogens (primary N) is 2. The number of benzene rings is 2. The summed E-state index contributed by atoms with van der Waals surface area (Å²) in [5, 5.41) is 4.91. The van der Waals surface area contributed by atoms with Crippen molar-refractivity contribution >= 4 is 43.8 Å². The molecule has 3 aromatic rings. The van der Waals surface area contributed by atoms with Gasteiger partial charge in [-0.3, -0.25) is 4.72 Å². The number of halogens is 2. The second-order valence-electron chi connectivity index (χ2n) is 6.92. The van der Waals surface area contributed by atoms with Gasteiger partial charge in [-0.05, 0) is 42.1 Å². The molecule has 0 aliphatic heterocycles. The van der Waals surface area contributed by atoms with E-state index in [-0.39, 0.29) is 16.1 Å². The van der Waals surface area contributed by atoms with E-state index in [4.69, 9.17) is 23.1 Å². The number of nitrogens with zero attached hydrogens (tertiary/aromatic N) is 1. The third-order valence-electron chi connectivity index (χ3n) is 4.63. The quantitative estimate of drug-likeness (QED) is 0.350. The Bertz CT molecular complexity index is 1130. The Hall–Kier alpha value is -2.24. The average Bonchev–Trinajstić information content (AvgIpc) is 3.25. The Morgan fingerprint density at radius 2 is 1.97 bits per heavy atom. The van der Waals surface area contributed by atoms with E-state index < -0.39 is 20.7 Å². The average molecular weight is 484 g/mol. The Balaban J connectivity index is 1.70.